The molecule has 114 valence electrons. The molecule has 1 aromatic rings. The van der Waals surface area contributed by atoms with E-state index in [4.69, 9.17) is 0 Å². The Balaban J connectivity index is 2.32. The van der Waals surface area contributed by atoms with Crippen LogP contribution in [-0.4, -0.2) is 42.6 Å². The number of rotatable bonds is 5. The van der Waals surface area contributed by atoms with Crippen LogP contribution in [0.2, 0.25) is 0 Å². The third kappa shape index (κ3) is 2.89. The maximum absolute atomic E-state index is 12.8. The minimum absolute atomic E-state index is 0.0482. The zero-order valence-corrected chi connectivity index (χ0v) is 13.5. The van der Waals surface area contributed by atoms with Gasteiger partial charge in [0.1, 0.15) is 4.90 Å². The number of aromatic nitrogens is 2. The fraction of sp³-hybridized carbons (Fsp3) is 0.769. The van der Waals surface area contributed by atoms with Gasteiger partial charge in [-0.1, -0.05) is 20.8 Å². The highest BCUT2D eigenvalue weighted by Crippen LogP contribution is 2.34. The van der Waals surface area contributed by atoms with Gasteiger partial charge < -0.3 is 5.32 Å². The molecule has 2 rings (SSSR count). The molecule has 0 saturated carbocycles. The van der Waals surface area contributed by atoms with Crippen LogP contribution < -0.4 is 5.32 Å². The highest BCUT2D eigenvalue weighted by Gasteiger charge is 2.39. The highest BCUT2D eigenvalue weighted by molar-refractivity contribution is 7.89. The molecule has 1 aliphatic heterocycles. The summed E-state index contributed by atoms with van der Waals surface area (Å²) in [6.45, 7) is 10.3. The molecule has 6 nitrogen and oxygen atoms in total. The van der Waals surface area contributed by atoms with Crippen molar-refractivity contribution in [3.05, 3.63) is 11.4 Å². The summed E-state index contributed by atoms with van der Waals surface area (Å²) in [6.07, 6.45) is 0.895. The van der Waals surface area contributed by atoms with E-state index in [1.807, 2.05) is 6.92 Å². The summed E-state index contributed by atoms with van der Waals surface area (Å²) in [5.74, 6) is 0. The van der Waals surface area contributed by atoms with Crippen LogP contribution >= 0.6 is 0 Å². The van der Waals surface area contributed by atoms with Gasteiger partial charge in [-0.25, -0.2) is 8.42 Å². The zero-order chi connectivity index (χ0) is 15.0. The molecule has 2 N–H and O–H groups in total. The van der Waals surface area contributed by atoms with Crippen LogP contribution in [0.1, 0.15) is 38.6 Å². The average molecular weight is 300 g/mol. The molecule has 7 heteroatoms. The predicted molar refractivity (Wildman–Crippen MR) is 77.9 cm³/mol. The van der Waals surface area contributed by atoms with Crippen molar-refractivity contribution in [1.29, 1.82) is 0 Å². The molecule has 0 radical (unpaired) electrons. The molecule has 0 amide bonds. The lowest BCUT2D eigenvalue weighted by Gasteiger charge is -2.20. The normalized spacial score (nSPS) is 19.6. The second kappa shape index (κ2) is 5.46. The topological polar surface area (TPSA) is 78.1 Å². The number of hydrogen-bond donors (Lipinski definition) is 2. The first-order chi connectivity index (χ1) is 9.28. The number of aromatic amines is 1. The molecule has 0 spiro atoms. The molecule has 1 aliphatic rings. The SMILES string of the molecule is CCNCc1n[nH]c(C)c1S(=O)(=O)N1CCC(C)(C)C1. The summed E-state index contributed by atoms with van der Waals surface area (Å²) < 4.78 is 27.2. The quantitative estimate of drug-likeness (QED) is 0.858. The fourth-order valence-electron chi connectivity index (χ4n) is 2.57. The van der Waals surface area contributed by atoms with Crippen LogP contribution in [-0.2, 0) is 16.6 Å². The Morgan fingerprint density at radius 3 is 2.70 bits per heavy atom. The molecule has 20 heavy (non-hydrogen) atoms. The van der Waals surface area contributed by atoms with E-state index < -0.39 is 10.0 Å². The van der Waals surface area contributed by atoms with Crippen LogP contribution in [0.5, 0.6) is 0 Å². The van der Waals surface area contributed by atoms with Gasteiger partial charge in [-0.2, -0.15) is 9.40 Å². The van der Waals surface area contributed by atoms with Gasteiger partial charge in [-0.15, -0.1) is 0 Å². The first-order valence-electron chi connectivity index (χ1n) is 7.02. The molecule has 0 aliphatic carbocycles. The van der Waals surface area contributed by atoms with Gasteiger partial charge in [-0.3, -0.25) is 5.10 Å². The minimum atomic E-state index is -3.46. The summed E-state index contributed by atoms with van der Waals surface area (Å²) >= 11 is 0. The second-order valence-electron chi connectivity index (χ2n) is 6.16. The molecule has 0 atom stereocenters. The molecule has 0 aromatic carbocycles. The third-order valence-electron chi connectivity index (χ3n) is 3.74. The van der Waals surface area contributed by atoms with E-state index in [-0.39, 0.29) is 5.41 Å². The maximum atomic E-state index is 12.8. The molecular formula is C13H24N4O2S. The summed E-state index contributed by atoms with van der Waals surface area (Å²) in [5.41, 5.74) is 1.24. The first kappa shape index (κ1) is 15.5. The standard InChI is InChI=1S/C13H24N4O2S/c1-5-14-8-11-12(10(2)15-16-11)20(18,19)17-7-6-13(3,4)9-17/h14H,5-9H2,1-4H3,(H,15,16). The van der Waals surface area contributed by atoms with E-state index in [1.165, 1.54) is 0 Å². The van der Waals surface area contributed by atoms with Crippen molar-refractivity contribution < 1.29 is 8.42 Å². The van der Waals surface area contributed by atoms with Crippen LogP contribution in [0.25, 0.3) is 0 Å². The number of aryl methyl sites for hydroxylation is 1. The lowest BCUT2D eigenvalue weighted by Crippen LogP contribution is -2.31. The van der Waals surface area contributed by atoms with Crippen LogP contribution in [0, 0.1) is 12.3 Å². The van der Waals surface area contributed by atoms with Gasteiger partial charge in [0.15, 0.2) is 0 Å². The van der Waals surface area contributed by atoms with Crippen molar-refractivity contribution in [2.24, 2.45) is 5.41 Å². The number of hydrogen-bond acceptors (Lipinski definition) is 4. The molecule has 0 bridgehead atoms. The van der Waals surface area contributed by atoms with E-state index in [9.17, 15) is 8.42 Å². The average Bonchev–Trinajstić information content (AvgIpc) is 2.90. The number of H-pyrrole nitrogens is 1. The molecule has 0 unspecified atom stereocenters. The smallest absolute Gasteiger partial charge is 0.246 e. The van der Waals surface area contributed by atoms with Crippen LogP contribution in [0.3, 0.4) is 0 Å². The largest absolute Gasteiger partial charge is 0.311 e. The number of sulfonamides is 1. The monoisotopic (exact) mass is 300 g/mol. The van der Waals surface area contributed by atoms with Crippen LogP contribution in [0.4, 0.5) is 0 Å². The van der Waals surface area contributed by atoms with Crippen molar-refractivity contribution in [2.45, 2.75) is 45.6 Å². The summed E-state index contributed by atoms with van der Waals surface area (Å²) in [4.78, 5) is 0.344. The van der Waals surface area contributed by atoms with Gasteiger partial charge >= 0.3 is 0 Å². The molecule has 1 aromatic heterocycles. The summed E-state index contributed by atoms with van der Waals surface area (Å²) in [6, 6.07) is 0. The Labute approximate surface area is 121 Å². The summed E-state index contributed by atoms with van der Waals surface area (Å²) in [7, 11) is -3.46. The summed E-state index contributed by atoms with van der Waals surface area (Å²) in [5, 5.41) is 10.1. The first-order valence-corrected chi connectivity index (χ1v) is 8.46. The Morgan fingerprint density at radius 1 is 1.45 bits per heavy atom. The highest BCUT2D eigenvalue weighted by atomic mass is 32.2. The van der Waals surface area contributed by atoms with E-state index in [0.29, 0.717) is 35.9 Å². The minimum Gasteiger partial charge on any atom is -0.311 e. The van der Waals surface area contributed by atoms with E-state index in [1.54, 1.807) is 11.2 Å². The Kier molecular flexibility index (Phi) is 4.22. The van der Waals surface area contributed by atoms with E-state index in [0.717, 1.165) is 13.0 Å². The van der Waals surface area contributed by atoms with E-state index >= 15 is 0 Å². The Morgan fingerprint density at radius 2 is 2.15 bits per heavy atom. The number of nitrogens with one attached hydrogen (secondary N) is 2. The lowest BCUT2D eigenvalue weighted by atomic mass is 9.93. The van der Waals surface area contributed by atoms with Gasteiger partial charge in [0.25, 0.3) is 0 Å². The Bertz CT molecular complexity index is 577. The van der Waals surface area contributed by atoms with Gasteiger partial charge in [-0.05, 0) is 25.3 Å². The lowest BCUT2D eigenvalue weighted by molar-refractivity contribution is 0.375. The molecule has 1 fully saturated rings. The molecular weight excluding hydrogens is 276 g/mol. The van der Waals surface area contributed by atoms with Crippen LogP contribution in [0.15, 0.2) is 4.90 Å². The van der Waals surface area contributed by atoms with Crippen molar-refractivity contribution in [3.8, 4) is 0 Å². The van der Waals surface area contributed by atoms with Gasteiger partial charge in [0.05, 0.1) is 11.4 Å². The van der Waals surface area contributed by atoms with Crippen molar-refractivity contribution in [1.82, 2.24) is 19.8 Å². The second-order valence-corrected chi connectivity index (χ2v) is 8.03. The van der Waals surface area contributed by atoms with Crippen molar-refractivity contribution >= 4 is 10.0 Å². The van der Waals surface area contributed by atoms with Crippen molar-refractivity contribution in [3.63, 3.8) is 0 Å². The van der Waals surface area contributed by atoms with Gasteiger partial charge in [0.2, 0.25) is 10.0 Å². The van der Waals surface area contributed by atoms with Crippen molar-refractivity contribution in [2.75, 3.05) is 19.6 Å². The molecule has 1 saturated heterocycles. The van der Waals surface area contributed by atoms with E-state index in [2.05, 4.69) is 29.4 Å². The zero-order valence-electron chi connectivity index (χ0n) is 12.7. The fourth-order valence-corrected chi connectivity index (χ4v) is 4.53. The maximum Gasteiger partial charge on any atom is 0.246 e. The van der Waals surface area contributed by atoms with Gasteiger partial charge in [0, 0.05) is 19.6 Å². The number of nitrogens with zero attached hydrogens (tertiary/aromatic N) is 2. The molecule has 2 heterocycles. The third-order valence-corrected chi connectivity index (χ3v) is 5.79. The predicted octanol–water partition coefficient (Wildman–Crippen LogP) is 1.25. The Hall–Kier alpha value is -0.920.